The summed E-state index contributed by atoms with van der Waals surface area (Å²) in [5.74, 6) is 1.22. The second kappa shape index (κ2) is 8.52. The van der Waals surface area contributed by atoms with Crippen LogP contribution in [0.15, 0.2) is 24.3 Å². The van der Waals surface area contributed by atoms with Crippen molar-refractivity contribution in [1.82, 2.24) is 0 Å². The van der Waals surface area contributed by atoms with Crippen molar-refractivity contribution in [3.05, 3.63) is 29.8 Å². The van der Waals surface area contributed by atoms with E-state index in [-0.39, 0.29) is 11.0 Å². The lowest BCUT2D eigenvalue weighted by atomic mass is 9.77. The Hall–Kier alpha value is -1.31. The number of ketones is 1. The van der Waals surface area contributed by atoms with Gasteiger partial charge >= 0.3 is 0 Å². The highest BCUT2D eigenvalue weighted by Crippen LogP contribution is 2.33. The summed E-state index contributed by atoms with van der Waals surface area (Å²) in [6.45, 7) is 12.5. The average molecular weight is 319 g/mol. The molecule has 2 nitrogen and oxygen atoms in total. The number of ether oxygens (including phenoxy) is 1. The van der Waals surface area contributed by atoms with Crippen molar-refractivity contribution in [2.24, 2.45) is 5.41 Å². The molecule has 23 heavy (non-hydrogen) atoms. The molecule has 130 valence electrons. The molecular weight excluding hydrogens is 284 g/mol. The molecule has 0 unspecified atom stereocenters. The van der Waals surface area contributed by atoms with Gasteiger partial charge in [-0.3, -0.25) is 4.79 Å². The second-order valence-electron chi connectivity index (χ2n) is 7.97. The summed E-state index contributed by atoms with van der Waals surface area (Å²) in [5.41, 5.74) is 0.510. The van der Waals surface area contributed by atoms with E-state index in [1.165, 1.54) is 18.4 Å². The summed E-state index contributed by atoms with van der Waals surface area (Å²) < 4.78 is 6.13. The van der Waals surface area contributed by atoms with E-state index in [1.54, 1.807) is 0 Å². The molecule has 0 aliphatic rings. The van der Waals surface area contributed by atoms with Gasteiger partial charge in [0.2, 0.25) is 0 Å². The van der Waals surface area contributed by atoms with Crippen molar-refractivity contribution in [1.29, 1.82) is 0 Å². The Bertz CT molecular complexity index is 483. The number of carbonyl (C=O) groups excluding carboxylic acids is 1. The Balaban J connectivity index is 2.58. The van der Waals surface area contributed by atoms with Crippen LogP contribution in [0.5, 0.6) is 5.75 Å². The van der Waals surface area contributed by atoms with Crippen LogP contribution in [0.3, 0.4) is 0 Å². The van der Waals surface area contributed by atoms with Gasteiger partial charge in [0.05, 0.1) is 0 Å². The van der Waals surface area contributed by atoms with Gasteiger partial charge in [0, 0.05) is 11.8 Å². The van der Waals surface area contributed by atoms with Crippen molar-refractivity contribution in [2.45, 2.75) is 85.7 Å². The lowest BCUT2D eigenvalue weighted by Gasteiger charge is -2.34. The van der Waals surface area contributed by atoms with E-state index in [9.17, 15) is 4.79 Å². The minimum Gasteiger partial charge on any atom is -0.488 e. The summed E-state index contributed by atoms with van der Waals surface area (Å²) in [6, 6.07) is 8.10. The summed E-state index contributed by atoms with van der Waals surface area (Å²) in [7, 11) is 0. The monoisotopic (exact) mass is 318 g/mol. The zero-order valence-corrected chi connectivity index (χ0v) is 15.9. The minimum atomic E-state index is -0.363. The molecule has 1 rings (SSSR count). The van der Waals surface area contributed by atoms with Crippen molar-refractivity contribution in [3.63, 3.8) is 0 Å². The molecule has 0 heterocycles. The molecule has 0 aromatic heterocycles. The van der Waals surface area contributed by atoms with Crippen LogP contribution in [-0.4, -0.2) is 11.4 Å². The van der Waals surface area contributed by atoms with Crippen molar-refractivity contribution in [3.8, 4) is 5.75 Å². The largest absolute Gasteiger partial charge is 0.488 e. The molecule has 1 aromatic carbocycles. The molecule has 0 bridgehead atoms. The fraction of sp³-hybridized carbons (Fsp3) is 0.667. The van der Waals surface area contributed by atoms with Gasteiger partial charge in [0.25, 0.3) is 0 Å². The van der Waals surface area contributed by atoms with Gasteiger partial charge < -0.3 is 4.74 Å². The number of aryl methyl sites for hydroxylation is 1. The quantitative estimate of drug-likeness (QED) is 0.487. The zero-order chi connectivity index (χ0) is 17.5. The average Bonchev–Trinajstić information content (AvgIpc) is 2.44. The van der Waals surface area contributed by atoms with Gasteiger partial charge in [-0.15, -0.1) is 0 Å². The molecule has 2 heteroatoms. The van der Waals surface area contributed by atoms with Gasteiger partial charge in [0.15, 0.2) is 0 Å². The molecule has 0 aliphatic carbocycles. The highest BCUT2D eigenvalue weighted by atomic mass is 16.5. The standard InChI is InChI=1S/C21H34O2/c1-7-8-9-10-11-19(22)20(3,4)16-21(5,6)23-18-14-12-17(2)13-15-18/h12-15H,7-11,16H2,1-6H3. The Morgan fingerprint density at radius 1 is 1.00 bits per heavy atom. The Morgan fingerprint density at radius 2 is 1.61 bits per heavy atom. The first-order valence-electron chi connectivity index (χ1n) is 8.95. The van der Waals surface area contributed by atoms with Gasteiger partial charge in [-0.1, -0.05) is 57.7 Å². The number of Topliss-reactive ketones (excluding diaryl/α,β-unsaturated/α-hetero) is 1. The maximum Gasteiger partial charge on any atom is 0.138 e. The van der Waals surface area contributed by atoms with Crippen LogP contribution < -0.4 is 4.74 Å². The third kappa shape index (κ3) is 7.20. The van der Waals surface area contributed by atoms with Crippen LogP contribution >= 0.6 is 0 Å². The molecule has 1 aromatic rings. The van der Waals surface area contributed by atoms with E-state index in [1.807, 2.05) is 12.1 Å². The molecule has 0 N–H and O–H groups in total. The number of hydrogen-bond donors (Lipinski definition) is 0. The molecule has 0 amide bonds. The van der Waals surface area contributed by atoms with Gasteiger partial charge in [0.1, 0.15) is 17.1 Å². The molecule has 0 radical (unpaired) electrons. The van der Waals surface area contributed by atoms with E-state index in [0.717, 1.165) is 25.0 Å². The molecule has 0 aliphatic heterocycles. The van der Waals surface area contributed by atoms with Crippen LogP contribution in [0.4, 0.5) is 0 Å². The molecular formula is C21H34O2. The van der Waals surface area contributed by atoms with Gasteiger partial charge in [-0.2, -0.15) is 0 Å². The number of hydrogen-bond acceptors (Lipinski definition) is 2. The molecule has 0 spiro atoms. The van der Waals surface area contributed by atoms with Crippen molar-refractivity contribution >= 4 is 5.78 Å². The van der Waals surface area contributed by atoms with Crippen molar-refractivity contribution < 1.29 is 9.53 Å². The Labute approximate surface area is 142 Å². The Kier molecular flexibility index (Phi) is 7.31. The normalized spacial score (nSPS) is 12.3. The number of unbranched alkanes of at least 4 members (excludes halogenated alkanes) is 3. The fourth-order valence-corrected chi connectivity index (χ4v) is 3.18. The zero-order valence-electron chi connectivity index (χ0n) is 15.9. The predicted molar refractivity (Wildman–Crippen MR) is 98.1 cm³/mol. The van der Waals surface area contributed by atoms with E-state index in [2.05, 4.69) is 53.7 Å². The minimum absolute atomic E-state index is 0.347. The van der Waals surface area contributed by atoms with Crippen LogP contribution in [0.2, 0.25) is 0 Å². The Morgan fingerprint density at radius 3 is 2.17 bits per heavy atom. The summed E-state index contributed by atoms with van der Waals surface area (Å²) in [5, 5.41) is 0. The van der Waals surface area contributed by atoms with E-state index >= 15 is 0 Å². The highest BCUT2D eigenvalue weighted by Gasteiger charge is 2.35. The topological polar surface area (TPSA) is 26.3 Å². The van der Waals surface area contributed by atoms with Crippen molar-refractivity contribution in [2.75, 3.05) is 0 Å². The summed E-state index contributed by atoms with van der Waals surface area (Å²) in [6.07, 6.45) is 6.00. The SMILES string of the molecule is CCCCCCC(=O)C(C)(C)CC(C)(C)Oc1ccc(C)cc1. The third-order valence-corrected chi connectivity index (χ3v) is 4.30. The van der Waals surface area contributed by atoms with Gasteiger partial charge in [-0.25, -0.2) is 0 Å². The maximum absolute atomic E-state index is 12.5. The lowest BCUT2D eigenvalue weighted by molar-refractivity contribution is -0.129. The van der Waals surface area contributed by atoms with Crippen LogP contribution in [0.25, 0.3) is 0 Å². The van der Waals surface area contributed by atoms with Gasteiger partial charge in [-0.05, 0) is 45.7 Å². The maximum atomic E-state index is 12.5. The third-order valence-electron chi connectivity index (χ3n) is 4.30. The molecule has 0 saturated carbocycles. The smallest absolute Gasteiger partial charge is 0.138 e. The van der Waals surface area contributed by atoms with E-state index in [0.29, 0.717) is 12.2 Å². The first-order valence-corrected chi connectivity index (χ1v) is 8.95. The van der Waals surface area contributed by atoms with Crippen LogP contribution in [-0.2, 0) is 4.79 Å². The highest BCUT2D eigenvalue weighted by molar-refractivity contribution is 5.84. The summed E-state index contributed by atoms with van der Waals surface area (Å²) >= 11 is 0. The number of carbonyl (C=O) groups is 1. The first-order chi connectivity index (χ1) is 10.7. The second-order valence-corrected chi connectivity index (χ2v) is 7.97. The molecule has 0 saturated heterocycles. The fourth-order valence-electron chi connectivity index (χ4n) is 3.18. The predicted octanol–water partition coefficient (Wildman–Crippen LogP) is 6.11. The number of benzene rings is 1. The number of rotatable bonds is 10. The first kappa shape index (κ1) is 19.7. The van der Waals surface area contributed by atoms with E-state index < -0.39 is 0 Å². The van der Waals surface area contributed by atoms with E-state index in [4.69, 9.17) is 4.74 Å². The lowest BCUT2D eigenvalue weighted by Crippen LogP contribution is -2.38. The van der Waals surface area contributed by atoms with Crippen LogP contribution in [0, 0.1) is 12.3 Å². The molecule has 0 fully saturated rings. The molecule has 0 atom stereocenters. The summed E-state index contributed by atoms with van der Waals surface area (Å²) in [4.78, 5) is 12.5. The van der Waals surface area contributed by atoms with Crippen LogP contribution in [0.1, 0.15) is 78.7 Å².